The molecule has 9 aromatic rings. The van der Waals surface area contributed by atoms with Gasteiger partial charge in [0.05, 0.1) is 33.5 Å². The predicted molar refractivity (Wildman–Crippen MR) is 240 cm³/mol. The van der Waals surface area contributed by atoms with Crippen LogP contribution >= 0.6 is 0 Å². The Morgan fingerprint density at radius 3 is 1.86 bits per heavy atom. The van der Waals surface area contributed by atoms with Gasteiger partial charge in [0.25, 0.3) is 0 Å². The molecule has 1 aliphatic rings. The molecule has 1 N–H and O–H groups in total. The van der Waals surface area contributed by atoms with E-state index in [1.54, 1.807) is 12.1 Å². The number of pyridine rings is 1. The highest BCUT2D eigenvalue weighted by molar-refractivity contribution is 6.16. The largest absolute Gasteiger partial charge is 0.508 e. The zero-order chi connectivity index (χ0) is 39.1. The molecular formula is C55H38N2O. The number of terminal acetylenes is 1. The number of phenolic OH excluding ortho intramolecular Hbond substituents is 1. The molecule has 0 saturated carbocycles. The minimum absolute atomic E-state index is 0.264. The fourth-order valence-electron chi connectivity index (χ4n) is 9.08. The molecule has 3 nitrogen and oxygen atoms in total. The Bertz CT molecular complexity index is 3040. The van der Waals surface area contributed by atoms with Gasteiger partial charge in [0.15, 0.2) is 0 Å². The van der Waals surface area contributed by atoms with Gasteiger partial charge in [0.1, 0.15) is 5.75 Å². The minimum atomic E-state index is -0.689. The molecule has 0 amide bonds. The Labute approximate surface area is 338 Å². The SMILES string of the molecule is C#C/C=C\C=C/CC1(c2ccccc2O)c2ccccc2-c2c1ccc1c3cc(-c4ccccc4)ccc3n(-c3cc(-c4ccccc4)nc(-c4ccccc4)c3)c21. The summed E-state index contributed by atoms with van der Waals surface area (Å²) in [6.45, 7) is 0. The lowest BCUT2D eigenvalue weighted by Gasteiger charge is -2.32. The van der Waals surface area contributed by atoms with E-state index in [1.807, 2.05) is 36.4 Å². The Hall–Kier alpha value is -7.67. The van der Waals surface area contributed by atoms with Gasteiger partial charge in [-0.25, -0.2) is 4.98 Å². The molecule has 1 unspecified atom stereocenters. The molecule has 2 heterocycles. The number of hydrogen-bond acceptors (Lipinski definition) is 2. The van der Waals surface area contributed by atoms with E-state index in [2.05, 4.69) is 168 Å². The van der Waals surface area contributed by atoms with Gasteiger partial charge in [0, 0.05) is 33.0 Å². The number of rotatable bonds is 8. The number of fused-ring (bicyclic) bond motifs is 7. The molecule has 274 valence electrons. The average Bonchev–Trinajstić information content (AvgIpc) is 3.77. The molecule has 1 aliphatic carbocycles. The van der Waals surface area contributed by atoms with Crippen molar-refractivity contribution >= 4 is 21.8 Å². The van der Waals surface area contributed by atoms with Crippen molar-refractivity contribution in [1.82, 2.24) is 9.55 Å². The van der Waals surface area contributed by atoms with Crippen LogP contribution < -0.4 is 0 Å². The summed E-state index contributed by atoms with van der Waals surface area (Å²) < 4.78 is 2.45. The number of hydrogen-bond donors (Lipinski definition) is 1. The van der Waals surface area contributed by atoms with E-state index in [-0.39, 0.29) is 5.75 Å². The third-order valence-corrected chi connectivity index (χ3v) is 11.6. The average molecular weight is 743 g/mol. The molecule has 0 bridgehead atoms. The summed E-state index contributed by atoms with van der Waals surface area (Å²) in [7, 11) is 0. The second-order valence-corrected chi connectivity index (χ2v) is 14.8. The first-order chi connectivity index (χ1) is 28.7. The summed E-state index contributed by atoms with van der Waals surface area (Å²) in [6.07, 6.45) is 13.9. The van der Waals surface area contributed by atoms with Crippen LogP contribution in [0, 0.1) is 12.3 Å². The van der Waals surface area contributed by atoms with Crippen LogP contribution in [-0.2, 0) is 5.41 Å². The first kappa shape index (κ1) is 34.8. The Morgan fingerprint density at radius 2 is 1.19 bits per heavy atom. The molecular weight excluding hydrogens is 705 g/mol. The third kappa shape index (κ3) is 5.66. The van der Waals surface area contributed by atoms with E-state index in [0.29, 0.717) is 6.42 Å². The number of allylic oxidation sites excluding steroid dienone is 4. The van der Waals surface area contributed by atoms with E-state index >= 15 is 0 Å². The van der Waals surface area contributed by atoms with E-state index < -0.39 is 5.41 Å². The maximum atomic E-state index is 11.7. The molecule has 0 spiro atoms. The Kier molecular flexibility index (Phi) is 8.66. The zero-order valence-electron chi connectivity index (χ0n) is 31.8. The number of aromatic nitrogens is 2. The Morgan fingerprint density at radius 1 is 0.569 bits per heavy atom. The van der Waals surface area contributed by atoms with Crippen LogP contribution in [0.25, 0.3) is 72.3 Å². The lowest BCUT2D eigenvalue weighted by Crippen LogP contribution is -2.26. The highest BCUT2D eigenvalue weighted by atomic mass is 16.3. The van der Waals surface area contributed by atoms with E-state index in [1.165, 1.54) is 5.56 Å². The number of aromatic hydroxyl groups is 1. The van der Waals surface area contributed by atoms with Crippen LogP contribution in [0.5, 0.6) is 5.75 Å². The van der Waals surface area contributed by atoms with Crippen molar-refractivity contribution in [2.45, 2.75) is 11.8 Å². The van der Waals surface area contributed by atoms with Crippen LogP contribution in [0.2, 0.25) is 0 Å². The second-order valence-electron chi connectivity index (χ2n) is 14.8. The van der Waals surface area contributed by atoms with Crippen LogP contribution in [0.4, 0.5) is 0 Å². The minimum Gasteiger partial charge on any atom is -0.508 e. The monoisotopic (exact) mass is 742 g/mol. The first-order valence-corrected chi connectivity index (χ1v) is 19.6. The number of nitrogens with zero attached hydrogens (tertiary/aromatic N) is 2. The molecule has 2 aromatic heterocycles. The third-order valence-electron chi connectivity index (χ3n) is 11.6. The summed E-state index contributed by atoms with van der Waals surface area (Å²) >= 11 is 0. The van der Waals surface area contributed by atoms with Crippen molar-refractivity contribution < 1.29 is 5.11 Å². The fraction of sp³-hybridized carbons (Fsp3) is 0.0364. The van der Waals surface area contributed by atoms with E-state index in [9.17, 15) is 5.11 Å². The quantitative estimate of drug-likeness (QED) is 0.124. The van der Waals surface area contributed by atoms with Crippen molar-refractivity contribution in [2.75, 3.05) is 0 Å². The van der Waals surface area contributed by atoms with Gasteiger partial charge in [-0.15, -0.1) is 6.42 Å². The molecule has 10 rings (SSSR count). The molecule has 58 heavy (non-hydrogen) atoms. The van der Waals surface area contributed by atoms with Gasteiger partial charge in [0.2, 0.25) is 0 Å². The molecule has 0 radical (unpaired) electrons. The first-order valence-electron chi connectivity index (χ1n) is 19.6. The molecule has 0 fully saturated rings. The molecule has 7 aromatic carbocycles. The van der Waals surface area contributed by atoms with Gasteiger partial charge in [-0.2, -0.15) is 0 Å². The van der Waals surface area contributed by atoms with Crippen molar-refractivity contribution in [1.29, 1.82) is 0 Å². The molecule has 0 aliphatic heterocycles. The lowest BCUT2D eigenvalue weighted by molar-refractivity contribution is 0.454. The summed E-state index contributed by atoms with van der Waals surface area (Å²) in [5.41, 5.74) is 14.2. The van der Waals surface area contributed by atoms with Crippen molar-refractivity contribution in [3.8, 4) is 68.5 Å². The van der Waals surface area contributed by atoms with Gasteiger partial charge in [-0.05, 0) is 70.6 Å². The van der Waals surface area contributed by atoms with Crippen LogP contribution in [0.3, 0.4) is 0 Å². The van der Waals surface area contributed by atoms with Gasteiger partial charge in [-0.3, -0.25) is 0 Å². The Balaban J connectivity index is 1.35. The van der Waals surface area contributed by atoms with E-state index in [0.717, 1.165) is 83.4 Å². The maximum Gasteiger partial charge on any atom is 0.120 e. The summed E-state index contributed by atoms with van der Waals surface area (Å²) in [4.78, 5) is 5.27. The number of phenols is 1. The highest BCUT2D eigenvalue weighted by Gasteiger charge is 2.46. The van der Waals surface area contributed by atoms with Gasteiger partial charge in [-0.1, -0.05) is 176 Å². The second kappa shape index (κ2) is 14.4. The van der Waals surface area contributed by atoms with Crippen LogP contribution in [-0.4, -0.2) is 14.7 Å². The topological polar surface area (TPSA) is 38.0 Å². The summed E-state index contributed by atoms with van der Waals surface area (Å²) in [5, 5.41) is 14.0. The zero-order valence-corrected chi connectivity index (χ0v) is 31.8. The highest BCUT2D eigenvalue weighted by Crippen LogP contribution is 2.59. The fourth-order valence-corrected chi connectivity index (χ4v) is 9.08. The lowest BCUT2D eigenvalue weighted by atomic mass is 9.69. The predicted octanol–water partition coefficient (Wildman–Crippen LogP) is 13.3. The maximum absolute atomic E-state index is 11.7. The van der Waals surface area contributed by atoms with E-state index in [4.69, 9.17) is 11.4 Å². The summed E-state index contributed by atoms with van der Waals surface area (Å²) in [5.74, 6) is 2.86. The number of benzene rings is 7. The summed E-state index contributed by atoms with van der Waals surface area (Å²) in [6, 6.07) is 63.8. The number of para-hydroxylation sites is 1. The van der Waals surface area contributed by atoms with Crippen molar-refractivity contribution in [2.24, 2.45) is 0 Å². The van der Waals surface area contributed by atoms with Gasteiger partial charge >= 0.3 is 0 Å². The van der Waals surface area contributed by atoms with Crippen molar-refractivity contribution in [3.63, 3.8) is 0 Å². The van der Waals surface area contributed by atoms with Crippen LogP contribution in [0.15, 0.2) is 206 Å². The van der Waals surface area contributed by atoms with Crippen molar-refractivity contribution in [3.05, 3.63) is 223 Å². The van der Waals surface area contributed by atoms with Gasteiger partial charge < -0.3 is 9.67 Å². The standard InChI is InChI=1S/C55H38N2O/c1-2-3-4-5-19-34-55(47-28-17-18-29-52(47)58)46-27-16-15-26-44(46)53-48(55)32-31-43-45-35-41(38-20-9-6-10-21-38)30-33-51(45)57(54(43)53)42-36-49(39-22-11-7-12-23-39)56-50(37-42)40-24-13-8-14-25-40/h1,3-33,35-37,58H,34H2/b4-3-,19-5-. The molecule has 0 saturated heterocycles. The van der Waals surface area contributed by atoms with Crippen LogP contribution in [0.1, 0.15) is 23.1 Å². The molecule has 1 atom stereocenters. The normalized spacial score (nSPS) is 14.6. The smallest absolute Gasteiger partial charge is 0.120 e. The molecule has 3 heteroatoms.